The van der Waals surface area contributed by atoms with E-state index in [0.717, 1.165) is 154 Å². The topological polar surface area (TPSA) is 78.9 Å². The minimum Gasteiger partial charge on any atom is -0.462 e. The maximum Gasteiger partial charge on any atom is 0.306 e. The van der Waals surface area contributed by atoms with Crippen molar-refractivity contribution in [3.05, 3.63) is 134 Å². The van der Waals surface area contributed by atoms with Crippen LogP contribution >= 0.6 is 0 Å². The van der Waals surface area contributed by atoms with Gasteiger partial charge in [-0.3, -0.25) is 14.4 Å². The van der Waals surface area contributed by atoms with Gasteiger partial charge in [0.15, 0.2) is 6.10 Å². The fourth-order valence-electron chi connectivity index (χ4n) is 8.30. The number of esters is 3. The summed E-state index contributed by atoms with van der Waals surface area (Å²) in [6.07, 6.45) is 88.7. The quantitative estimate of drug-likeness (QED) is 0.0261. The first kappa shape index (κ1) is 71.5. The normalized spacial score (nSPS) is 13.0. The lowest BCUT2D eigenvalue weighted by molar-refractivity contribution is -0.167. The molecule has 0 aliphatic carbocycles. The summed E-state index contributed by atoms with van der Waals surface area (Å²) in [5, 5.41) is 0. The molecule has 6 heteroatoms. The van der Waals surface area contributed by atoms with Gasteiger partial charge in [-0.1, -0.05) is 270 Å². The van der Waals surface area contributed by atoms with E-state index in [1.807, 2.05) is 0 Å². The molecule has 0 amide bonds. The Morgan fingerprint density at radius 1 is 0.276 bits per heavy atom. The molecule has 0 aromatic rings. The lowest BCUT2D eigenvalue weighted by atomic mass is 10.0. The van der Waals surface area contributed by atoms with Crippen molar-refractivity contribution in [3.63, 3.8) is 0 Å². The molecule has 0 heterocycles. The summed E-state index contributed by atoms with van der Waals surface area (Å²) in [4.78, 5) is 38.3. The van der Waals surface area contributed by atoms with Crippen molar-refractivity contribution < 1.29 is 28.6 Å². The number of unbranched alkanes of at least 4 members (excludes halogenated alkanes) is 22. The van der Waals surface area contributed by atoms with Crippen molar-refractivity contribution >= 4 is 17.9 Å². The molecular weight excluding hydrogens is 937 g/mol. The zero-order valence-corrected chi connectivity index (χ0v) is 49.2. The average molecular weight is 1050 g/mol. The standard InChI is InChI=1S/C70H114O6/c1-4-7-10-13-16-19-22-25-27-29-31-33-35-37-39-41-43-45-48-51-54-57-60-63-69(72)75-66-67(65-74-68(71)62-59-56-53-50-47-24-21-18-15-12-9-6-3)76-70(73)64-61-58-55-52-49-46-44-42-40-38-36-34-32-30-28-26-23-20-17-14-11-8-5-2/h7-8,10-11,16-17,19-20,25-28,31-34,37-40,43,45,67H,4-6,9,12-15,18,21-24,29-30,35-36,41-42,44,46-66H2,1-3H3/b10-7-,11-8-,19-16-,20-17-,27-25-,28-26-,33-31-,34-32-,39-37-,40-38-,45-43-. The second-order valence-electron chi connectivity index (χ2n) is 20.2. The van der Waals surface area contributed by atoms with Gasteiger partial charge in [0, 0.05) is 19.3 Å². The highest BCUT2D eigenvalue weighted by molar-refractivity contribution is 5.71. The van der Waals surface area contributed by atoms with Crippen LogP contribution in [0, 0.1) is 0 Å². The van der Waals surface area contributed by atoms with E-state index < -0.39 is 6.10 Å². The van der Waals surface area contributed by atoms with Crippen LogP contribution in [0.2, 0.25) is 0 Å². The Balaban J connectivity index is 4.43. The molecule has 0 aromatic carbocycles. The van der Waals surface area contributed by atoms with E-state index in [9.17, 15) is 14.4 Å². The van der Waals surface area contributed by atoms with E-state index >= 15 is 0 Å². The van der Waals surface area contributed by atoms with Gasteiger partial charge in [-0.15, -0.1) is 0 Å². The SMILES string of the molecule is CC/C=C\C/C=C\C/C=C\C/C=C\C/C=C\C/C=C\CCCCCCC(=O)OCC(COC(=O)CCCCCCCCCCCCCC)OC(=O)CCCCCCCCC/C=C\C/C=C\C/C=C\C/C=C\C/C=C\CC. The summed E-state index contributed by atoms with van der Waals surface area (Å²) in [6, 6.07) is 0. The van der Waals surface area contributed by atoms with Gasteiger partial charge in [0.25, 0.3) is 0 Å². The summed E-state index contributed by atoms with van der Waals surface area (Å²) < 4.78 is 16.9. The molecule has 0 bridgehead atoms. The Bertz CT molecular complexity index is 1630. The number of hydrogen-bond donors (Lipinski definition) is 0. The Morgan fingerprint density at radius 3 is 0.803 bits per heavy atom. The van der Waals surface area contributed by atoms with Gasteiger partial charge in [0.2, 0.25) is 0 Å². The number of carbonyl (C=O) groups is 3. The highest BCUT2D eigenvalue weighted by Crippen LogP contribution is 2.15. The first-order valence-electron chi connectivity index (χ1n) is 31.2. The molecule has 0 aromatic heterocycles. The molecule has 1 atom stereocenters. The number of rotatable bonds is 55. The maximum absolute atomic E-state index is 12.9. The van der Waals surface area contributed by atoms with E-state index in [2.05, 4.69) is 154 Å². The van der Waals surface area contributed by atoms with Crippen LogP contribution < -0.4 is 0 Å². The minimum atomic E-state index is -0.799. The first-order chi connectivity index (χ1) is 37.5. The van der Waals surface area contributed by atoms with Gasteiger partial charge < -0.3 is 14.2 Å². The number of hydrogen-bond acceptors (Lipinski definition) is 6. The van der Waals surface area contributed by atoms with E-state index in [1.54, 1.807) is 0 Å². The van der Waals surface area contributed by atoms with Crippen LogP contribution in [0.1, 0.15) is 271 Å². The molecular formula is C70H114O6. The van der Waals surface area contributed by atoms with Crippen LogP contribution in [0.4, 0.5) is 0 Å². The predicted molar refractivity (Wildman–Crippen MR) is 329 cm³/mol. The molecule has 6 nitrogen and oxygen atoms in total. The largest absolute Gasteiger partial charge is 0.462 e. The molecule has 0 N–H and O–H groups in total. The monoisotopic (exact) mass is 1050 g/mol. The van der Waals surface area contributed by atoms with Crippen molar-refractivity contribution in [2.75, 3.05) is 13.2 Å². The third kappa shape index (κ3) is 60.4. The van der Waals surface area contributed by atoms with Gasteiger partial charge in [-0.25, -0.2) is 0 Å². The first-order valence-corrected chi connectivity index (χ1v) is 31.2. The Hall–Kier alpha value is -4.45. The van der Waals surface area contributed by atoms with Gasteiger partial charge >= 0.3 is 17.9 Å². The van der Waals surface area contributed by atoms with Crippen molar-refractivity contribution in [1.29, 1.82) is 0 Å². The predicted octanol–water partition coefficient (Wildman–Crippen LogP) is 21.4. The molecule has 0 rings (SSSR count). The van der Waals surface area contributed by atoms with Gasteiger partial charge in [-0.2, -0.15) is 0 Å². The third-order valence-electron chi connectivity index (χ3n) is 12.9. The molecule has 0 spiro atoms. The molecule has 430 valence electrons. The fourth-order valence-corrected chi connectivity index (χ4v) is 8.30. The minimum absolute atomic E-state index is 0.0929. The van der Waals surface area contributed by atoms with Crippen molar-refractivity contribution in [1.82, 2.24) is 0 Å². The van der Waals surface area contributed by atoms with Crippen LogP contribution in [0.3, 0.4) is 0 Å². The molecule has 0 fully saturated rings. The highest BCUT2D eigenvalue weighted by Gasteiger charge is 2.19. The summed E-state index contributed by atoms with van der Waals surface area (Å²) >= 11 is 0. The fraction of sp³-hybridized carbons (Fsp3) is 0.643. The lowest BCUT2D eigenvalue weighted by Gasteiger charge is -2.18. The van der Waals surface area contributed by atoms with Gasteiger partial charge in [-0.05, 0) is 116 Å². The summed E-state index contributed by atoms with van der Waals surface area (Å²) in [6.45, 7) is 6.38. The average Bonchev–Trinajstić information content (AvgIpc) is 3.42. The van der Waals surface area contributed by atoms with Crippen LogP contribution in [-0.2, 0) is 28.6 Å². The third-order valence-corrected chi connectivity index (χ3v) is 12.9. The molecule has 76 heavy (non-hydrogen) atoms. The van der Waals surface area contributed by atoms with Gasteiger partial charge in [0.1, 0.15) is 13.2 Å². The zero-order chi connectivity index (χ0) is 55.0. The number of ether oxygens (including phenoxy) is 3. The van der Waals surface area contributed by atoms with E-state index in [0.29, 0.717) is 19.3 Å². The smallest absolute Gasteiger partial charge is 0.306 e. The molecule has 0 saturated carbocycles. The van der Waals surface area contributed by atoms with Crippen LogP contribution in [0.15, 0.2) is 134 Å². The molecule has 0 saturated heterocycles. The Morgan fingerprint density at radius 2 is 0.513 bits per heavy atom. The lowest BCUT2D eigenvalue weighted by Crippen LogP contribution is -2.30. The highest BCUT2D eigenvalue weighted by atomic mass is 16.6. The molecule has 0 aliphatic rings. The van der Waals surface area contributed by atoms with Crippen molar-refractivity contribution in [3.8, 4) is 0 Å². The number of carbonyl (C=O) groups excluding carboxylic acids is 3. The van der Waals surface area contributed by atoms with E-state index in [1.165, 1.54) is 77.0 Å². The van der Waals surface area contributed by atoms with Crippen molar-refractivity contribution in [2.45, 2.75) is 277 Å². The second kappa shape index (κ2) is 63.1. The summed E-state index contributed by atoms with van der Waals surface area (Å²) in [5.74, 6) is -0.929. The Kier molecular flexibility index (Phi) is 59.4. The summed E-state index contributed by atoms with van der Waals surface area (Å²) in [5.41, 5.74) is 0. The zero-order valence-electron chi connectivity index (χ0n) is 49.2. The van der Waals surface area contributed by atoms with Gasteiger partial charge in [0.05, 0.1) is 0 Å². The van der Waals surface area contributed by atoms with Crippen LogP contribution in [0.5, 0.6) is 0 Å². The number of allylic oxidation sites excluding steroid dienone is 22. The molecule has 0 aliphatic heterocycles. The summed E-state index contributed by atoms with van der Waals surface area (Å²) in [7, 11) is 0. The van der Waals surface area contributed by atoms with Crippen LogP contribution in [-0.4, -0.2) is 37.2 Å². The molecule has 0 radical (unpaired) electrons. The second-order valence-corrected chi connectivity index (χ2v) is 20.2. The van der Waals surface area contributed by atoms with Crippen molar-refractivity contribution in [2.24, 2.45) is 0 Å². The Labute approximate surface area is 468 Å². The van der Waals surface area contributed by atoms with Crippen LogP contribution in [0.25, 0.3) is 0 Å². The van der Waals surface area contributed by atoms with E-state index in [-0.39, 0.29) is 31.1 Å². The van der Waals surface area contributed by atoms with E-state index in [4.69, 9.17) is 14.2 Å². The maximum atomic E-state index is 12.9. The molecule has 1 unspecified atom stereocenters.